The number of carbonyl (C=O) groups excluding carboxylic acids is 1. The van der Waals surface area contributed by atoms with Crippen molar-refractivity contribution in [2.75, 3.05) is 0 Å². The fourth-order valence-corrected chi connectivity index (χ4v) is 2.57. The van der Waals surface area contributed by atoms with Gasteiger partial charge >= 0.3 is 0 Å². The van der Waals surface area contributed by atoms with Crippen molar-refractivity contribution in [3.05, 3.63) is 57.8 Å². The van der Waals surface area contributed by atoms with Crippen LogP contribution in [0.4, 0.5) is 0 Å². The summed E-state index contributed by atoms with van der Waals surface area (Å²) in [4.78, 5) is 13.2. The third-order valence-electron chi connectivity index (χ3n) is 2.64. The van der Waals surface area contributed by atoms with Crippen LogP contribution in [0.1, 0.15) is 27.2 Å². The smallest absolute Gasteiger partial charge is 0.163 e. The highest BCUT2D eigenvalue weighted by Gasteiger charge is 2.07. The Bertz CT molecular complexity index is 470. The minimum atomic E-state index is 0.230. The Balaban J connectivity index is 1.97. The molecule has 0 saturated carbocycles. The molecule has 0 saturated heterocycles. The van der Waals surface area contributed by atoms with Gasteiger partial charge in [0, 0.05) is 16.9 Å². The van der Waals surface area contributed by atoms with Gasteiger partial charge in [-0.15, -0.1) is 11.3 Å². The van der Waals surface area contributed by atoms with Gasteiger partial charge in [0.1, 0.15) is 0 Å². The van der Waals surface area contributed by atoms with E-state index in [1.54, 1.807) is 11.3 Å². The zero-order chi connectivity index (χ0) is 11.4. The average molecular weight is 230 g/mol. The maximum atomic E-state index is 11.9. The number of aryl methyl sites for hydroxylation is 2. The first kappa shape index (κ1) is 11.1. The van der Waals surface area contributed by atoms with Crippen molar-refractivity contribution in [2.24, 2.45) is 0 Å². The standard InChI is InChI=1S/C14H14OS/c1-11-9-10-16-14(11)8-7-13(15)12-5-3-2-4-6-12/h2-6,9-10H,7-8H2,1H3. The molecule has 0 atom stereocenters. The van der Waals surface area contributed by atoms with Gasteiger partial charge in [0.25, 0.3) is 0 Å². The molecule has 1 nitrogen and oxygen atoms in total. The highest BCUT2D eigenvalue weighted by Crippen LogP contribution is 2.18. The van der Waals surface area contributed by atoms with E-state index in [1.807, 2.05) is 30.3 Å². The van der Waals surface area contributed by atoms with E-state index in [9.17, 15) is 4.79 Å². The fourth-order valence-electron chi connectivity index (χ4n) is 1.66. The molecule has 0 aliphatic rings. The summed E-state index contributed by atoms with van der Waals surface area (Å²) < 4.78 is 0. The Morgan fingerprint density at radius 2 is 1.94 bits per heavy atom. The predicted octanol–water partition coefficient (Wildman–Crippen LogP) is 3.87. The SMILES string of the molecule is Cc1ccsc1CCC(=O)c1ccccc1. The van der Waals surface area contributed by atoms with Crippen LogP contribution in [0.5, 0.6) is 0 Å². The molecule has 0 fully saturated rings. The van der Waals surface area contributed by atoms with Crippen molar-refractivity contribution in [3.63, 3.8) is 0 Å². The van der Waals surface area contributed by atoms with Crippen molar-refractivity contribution in [3.8, 4) is 0 Å². The maximum Gasteiger partial charge on any atom is 0.163 e. The minimum Gasteiger partial charge on any atom is -0.294 e. The number of ketones is 1. The third kappa shape index (κ3) is 2.58. The number of benzene rings is 1. The number of hydrogen-bond donors (Lipinski definition) is 0. The van der Waals surface area contributed by atoms with Crippen LogP contribution in [0.15, 0.2) is 41.8 Å². The summed E-state index contributed by atoms with van der Waals surface area (Å²) >= 11 is 1.73. The lowest BCUT2D eigenvalue weighted by atomic mass is 10.1. The van der Waals surface area contributed by atoms with Crippen LogP contribution < -0.4 is 0 Å². The molecule has 0 aliphatic carbocycles. The number of carbonyl (C=O) groups is 1. The Hall–Kier alpha value is -1.41. The fraction of sp³-hybridized carbons (Fsp3) is 0.214. The van der Waals surface area contributed by atoms with Crippen molar-refractivity contribution < 1.29 is 4.79 Å². The summed E-state index contributed by atoms with van der Waals surface area (Å²) in [7, 11) is 0. The molecule has 2 heteroatoms. The summed E-state index contributed by atoms with van der Waals surface area (Å²) in [5.41, 5.74) is 2.11. The highest BCUT2D eigenvalue weighted by molar-refractivity contribution is 7.10. The average Bonchev–Trinajstić information content (AvgIpc) is 2.73. The van der Waals surface area contributed by atoms with E-state index in [0.29, 0.717) is 6.42 Å². The number of thiophene rings is 1. The van der Waals surface area contributed by atoms with E-state index < -0.39 is 0 Å². The van der Waals surface area contributed by atoms with Gasteiger partial charge in [-0.1, -0.05) is 30.3 Å². The van der Waals surface area contributed by atoms with E-state index in [4.69, 9.17) is 0 Å². The molecule has 0 radical (unpaired) electrons. The normalized spacial score (nSPS) is 10.3. The molecule has 0 spiro atoms. The second-order valence-electron chi connectivity index (χ2n) is 3.82. The summed E-state index contributed by atoms with van der Waals surface area (Å²) in [6.07, 6.45) is 1.46. The monoisotopic (exact) mass is 230 g/mol. The van der Waals surface area contributed by atoms with E-state index >= 15 is 0 Å². The lowest BCUT2D eigenvalue weighted by Crippen LogP contribution is -2.00. The van der Waals surface area contributed by atoms with E-state index in [-0.39, 0.29) is 5.78 Å². The van der Waals surface area contributed by atoms with Crippen molar-refractivity contribution in [2.45, 2.75) is 19.8 Å². The summed E-state index contributed by atoms with van der Waals surface area (Å²) in [6.45, 7) is 2.10. The lowest BCUT2D eigenvalue weighted by molar-refractivity contribution is 0.0983. The predicted molar refractivity (Wildman–Crippen MR) is 68.1 cm³/mol. The van der Waals surface area contributed by atoms with Gasteiger partial charge < -0.3 is 0 Å². The topological polar surface area (TPSA) is 17.1 Å². The van der Waals surface area contributed by atoms with E-state index in [2.05, 4.69) is 18.4 Å². The number of rotatable bonds is 4. The van der Waals surface area contributed by atoms with Crippen LogP contribution in [-0.2, 0) is 6.42 Å². The molecule has 2 rings (SSSR count). The quantitative estimate of drug-likeness (QED) is 0.729. The van der Waals surface area contributed by atoms with Crippen LogP contribution in [0.2, 0.25) is 0 Å². The summed E-state index contributed by atoms with van der Waals surface area (Å²) in [5.74, 6) is 0.230. The molecule has 1 heterocycles. The maximum absolute atomic E-state index is 11.9. The Morgan fingerprint density at radius 1 is 1.19 bits per heavy atom. The molecule has 0 bridgehead atoms. The van der Waals surface area contributed by atoms with Gasteiger partial charge in [-0.3, -0.25) is 4.79 Å². The van der Waals surface area contributed by atoms with Crippen molar-refractivity contribution in [1.82, 2.24) is 0 Å². The molecular weight excluding hydrogens is 216 g/mol. The van der Waals surface area contributed by atoms with Crippen LogP contribution in [-0.4, -0.2) is 5.78 Å². The van der Waals surface area contributed by atoms with Gasteiger partial charge in [-0.2, -0.15) is 0 Å². The molecule has 0 unspecified atom stereocenters. The van der Waals surface area contributed by atoms with Gasteiger partial charge in [-0.25, -0.2) is 0 Å². The van der Waals surface area contributed by atoms with E-state index in [0.717, 1.165) is 12.0 Å². The molecular formula is C14H14OS. The molecule has 82 valence electrons. The second kappa shape index (κ2) is 5.08. The van der Waals surface area contributed by atoms with Gasteiger partial charge in [0.15, 0.2) is 5.78 Å². The Morgan fingerprint density at radius 3 is 2.56 bits per heavy atom. The Labute approximate surface area is 99.8 Å². The van der Waals surface area contributed by atoms with E-state index in [1.165, 1.54) is 10.4 Å². The van der Waals surface area contributed by atoms with Crippen molar-refractivity contribution >= 4 is 17.1 Å². The molecule has 0 aliphatic heterocycles. The number of hydrogen-bond acceptors (Lipinski definition) is 2. The Kier molecular flexibility index (Phi) is 3.52. The number of Topliss-reactive ketones (excluding diaryl/α,β-unsaturated/α-hetero) is 1. The van der Waals surface area contributed by atoms with Gasteiger partial charge in [0.05, 0.1) is 0 Å². The van der Waals surface area contributed by atoms with Gasteiger partial charge in [-0.05, 0) is 30.4 Å². The molecule has 0 amide bonds. The minimum absolute atomic E-state index is 0.230. The lowest BCUT2D eigenvalue weighted by Gasteiger charge is -2.00. The first-order chi connectivity index (χ1) is 7.77. The first-order valence-electron chi connectivity index (χ1n) is 5.38. The van der Waals surface area contributed by atoms with Crippen LogP contribution in [0, 0.1) is 6.92 Å². The summed E-state index contributed by atoms with van der Waals surface area (Å²) in [6, 6.07) is 11.6. The zero-order valence-electron chi connectivity index (χ0n) is 9.27. The molecule has 16 heavy (non-hydrogen) atoms. The third-order valence-corrected chi connectivity index (χ3v) is 3.73. The largest absolute Gasteiger partial charge is 0.294 e. The van der Waals surface area contributed by atoms with Crippen LogP contribution in [0.25, 0.3) is 0 Å². The molecule has 1 aromatic heterocycles. The molecule has 1 aromatic carbocycles. The zero-order valence-corrected chi connectivity index (χ0v) is 10.1. The van der Waals surface area contributed by atoms with Crippen LogP contribution >= 0.6 is 11.3 Å². The molecule has 0 N–H and O–H groups in total. The van der Waals surface area contributed by atoms with Crippen molar-refractivity contribution in [1.29, 1.82) is 0 Å². The molecule has 2 aromatic rings. The van der Waals surface area contributed by atoms with Crippen LogP contribution in [0.3, 0.4) is 0 Å². The second-order valence-corrected chi connectivity index (χ2v) is 4.82. The van der Waals surface area contributed by atoms with Gasteiger partial charge in [0.2, 0.25) is 0 Å². The first-order valence-corrected chi connectivity index (χ1v) is 6.26. The summed E-state index contributed by atoms with van der Waals surface area (Å²) in [5, 5.41) is 2.08. The highest BCUT2D eigenvalue weighted by atomic mass is 32.1.